The lowest BCUT2D eigenvalue weighted by Crippen LogP contribution is -2.33. The quantitative estimate of drug-likeness (QED) is 0.908. The highest BCUT2D eigenvalue weighted by atomic mass is 16.1. The summed E-state index contributed by atoms with van der Waals surface area (Å²) in [6.45, 7) is 4.18. The van der Waals surface area contributed by atoms with Gasteiger partial charge in [0.25, 0.3) is 5.91 Å². The normalized spacial score (nSPS) is 14.3. The molecule has 4 heteroatoms. The molecule has 0 aromatic carbocycles. The molecular formula is C19H23N3O. The molecule has 2 heterocycles. The highest BCUT2D eigenvalue weighted by molar-refractivity contribution is 5.94. The number of hydrogen-bond acceptors (Lipinski definition) is 2. The number of allylic oxidation sites excluding steroid dienone is 4. The molecule has 0 fully saturated rings. The maximum absolute atomic E-state index is 12.4. The number of carbonyl (C=O) groups excluding carboxylic acids is 1. The lowest BCUT2D eigenvalue weighted by molar-refractivity contribution is 0.0934. The van der Waals surface area contributed by atoms with Crippen molar-refractivity contribution >= 4 is 17.1 Å². The molecule has 1 aliphatic carbocycles. The number of hydrogen-bond donors (Lipinski definition) is 1. The van der Waals surface area contributed by atoms with E-state index < -0.39 is 0 Å². The van der Waals surface area contributed by atoms with E-state index in [0.717, 1.165) is 37.0 Å². The summed E-state index contributed by atoms with van der Waals surface area (Å²) in [5.74, 6) is -0.0179. The minimum absolute atomic E-state index is 0.0179. The fourth-order valence-corrected chi connectivity index (χ4v) is 2.86. The number of imidazole rings is 1. The Labute approximate surface area is 136 Å². The topological polar surface area (TPSA) is 46.4 Å². The van der Waals surface area contributed by atoms with Crippen molar-refractivity contribution in [2.75, 3.05) is 0 Å². The van der Waals surface area contributed by atoms with E-state index in [9.17, 15) is 4.79 Å². The first-order chi connectivity index (χ1) is 11.2. The van der Waals surface area contributed by atoms with E-state index in [4.69, 9.17) is 0 Å². The van der Waals surface area contributed by atoms with Gasteiger partial charge in [-0.3, -0.25) is 4.79 Å². The average Bonchev–Trinajstić information content (AvgIpc) is 3.03. The number of fused-ring (bicyclic) bond motifs is 1. The molecule has 0 saturated carbocycles. The second-order valence-electron chi connectivity index (χ2n) is 5.96. The SMILES string of the molecule is CCC(CC)NC(=O)c1ccc2nc(C3=CC=CCC3)cn2c1. The zero-order chi connectivity index (χ0) is 16.2. The molecule has 1 aliphatic rings. The lowest BCUT2D eigenvalue weighted by Gasteiger charge is -2.14. The molecule has 0 aliphatic heterocycles. The molecule has 0 radical (unpaired) electrons. The average molecular weight is 309 g/mol. The predicted octanol–water partition coefficient (Wildman–Crippen LogP) is 3.99. The maximum atomic E-state index is 12.4. The molecule has 0 spiro atoms. The zero-order valence-electron chi connectivity index (χ0n) is 13.7. The summed E-state index contributed by atoms with van der Waals surface area (Å²) in [4.78, 5) is 17.0. The molecule has 0 bridgehead atoms. The standard InChI is InChI=1S/C19H23N3O/c1-3-16(4-2)20-19(23)15-10-11-18-21-17(13-22(18)12-15)14-8-6-5-7-9-14/h5-6,8,10-13,16H,3-4,7,9H2,1-2H3,(H,20,23). The zero-order valence-corrected chi connectivity index (χ0v) is 13.7. The fourth-order valence-electron chi connectivity index (χ4n) is 2.86. The van der Waals surface area contributed by atoms with Crippen molar-refractivity contribution in [3.05, 3.63) is 54.0 Å². The monoisotopic (exact) mass is 309 g/mol. The lowest BCUT2D eigenvalue weighted by atomic mass is 10.0. The summed E-state index contributed by atoms with van der Waals surface area (Å²) in [5, 5.41) is 3.07. The van der Waals surface area contributed by atoms with Crippen LogP contribution >= 0.6 is 0 Å². The number of pyridine rings is 1. The van der Waals surface area contributed by atoms with Crippen molar-refractivity contribution in [2.45, 2.75) is 45.6 Å². The van der Waals surface area contributed by atoms with Gasteiger partial charge in [0.05, 0.1) is 11.3 Å². The third-order valence-electron chi connectivity index (χ3n) is 4.38. The molecule has 1 amide bonds. The van der Waals surface area contributed by atoms with Crippen LogP contribution in [-0.4, -0.2) is 21.3 Å². The molecule has 120 valence electrons. The highest BCUT2D eigenvalue weighted by Crippen LogP contribution is 2.23. The minimum atomic E-state index is -0.0179. The van der Waals surface area contributed by atoms with Gasteiger partial charge in [-0.2, -0.15) is 0 Å². The van der Waals surface area contributed by atoms with Crippen molar-refractivity contribution in [1.29, 1.82) is 0 Å². The van der Waals surface area contributed by atoms with Crippen LogP contribution in [0.3, 0.4) is 0 Å². The summed E-state index contributed by atoms with van der Waals surface area (Å²) in [7, 11) is 0. The van der Waals surface area contributed by atoms with Crippen molar-refractivity contribution in [3.63, 3.8) is 0 Å². The Morgan fingerprint density at radius 3 is 2.83 bits per heavy atom. The van der Waals surface area contributed by atoms with Crippen molar-refractivity contribution in [2.24, 2.45) is 0 Å². The van der Waals surface area contributed by atoms with Crippen LogP contribution in [0.5, 0.6) is 0 Å². The van der Waals surface area contributed by atoms with Gasteiger partial charge >= 0.3 is 0 Å². The molecule has 3 rings (SSSR count). The van der Waals surface area contributed by atoms with E-state index in [-0.39, 0.29) is 11.9 Å². The van der Waals surface area contributed by atoms with Crippen LogP contribution in [0.25, 0.3) is 11.2 Å². The fraction of sp³-hybridized carbons (Fsp3) is 0.368. The summed E-state index contributed by atoms with van der Waals surface area (Å²) in [5.41, 5.74) is 3.78. The number of aromatic nitrogens is 2. The van der Waals surface area contributed by atoms with Gasteiger partial charge in [-0.15, -0.1) is 0 Å². The van der Waals surface area contributed by atoms with Crippen molar-refractivity contribution < 1.29 is 4.79 Å². The Morgan fingerprint density at radius 1 is 1.30 bits per heavy atom. The van der Waals surface area contributed by atoms with Crippen LogP contribution in [0.2, 0.25) is 0 Å². The highest BCUT2D eigenvalue weighted by Gasteiger charge is 2.13. The first-order valence-electron chi connectivity index (χ1n) is 8.37. The van der Waals surface area contributed by atoms with Crippen LogP contribution < -0.4 is 5.32 Å². The second-order valence-corrected chi connectivity index (χ2v) is 5.96. The third-order valence-corrected chi connectivity index (χ3v) is 4.38. The van der Waals surface area contributed by atoms with Gasteiger partial charge in [-0.05, 0) is 43.4 Å². The number of amides is 1. The van der Waals surface area contributed by atoms with E-state index >= 15 is 0 Å². The van der Waals surface area contributed by atoms with Gasteiger partial charge in [0, 0.05) is 18.4 Å². The summed E-state index contributed by atoms with van der Waals surface area (Å²) in [6, 6.07) is 3.99. The second kappa shape index (κ2) is 6.82. The Bertz CT molecular complexity index is 766. The Kier molecular flexibility index (Phi) is 4.60. The van der Waals surface area contributed by atoms with Gasteiger partial charge in [0.2, 0.25) is 0 Å². The minimum Gasteiger partial charge on any atom is -0.349 e. The van der Waals surface area contributed by atoms with Gasteiger partial charge in [0.1, 0.15) is 5.65 Å². The summed E-state index contributed by atoms with van der Waals surface area (Å²) in [6.07, 6.45) is 14.2. The first-order valence-corrected chi connectivity index (χ1v) is 8.37. The number of rotatable bonds is 5. The van der Waals surface area contributed by atoms with Crippen LogP contribution in [0.15, 0.2) is 42.8 Å². The van der Waals surface area contributed by atoms with E-state index in [1.165, 1.54) is 5.57 Å². The third kappa shape index (κ3) is 3.36. The van der Waals surface area contributed by atoms with Gasteiger partial charge in [-0.25, -0.2) is 4.98 Å². The molecule has 0 saturated heterocycles. The number of nitrogens with zero attached hydrogens (tertiary/aromatic N) is 2. The predicted molar refractivity (Wildman–Crippen MR) is 93.4 cm³/mol. The molecule has 0 unspecified atom stereocenters. The first kappa shape index (κ1) is 15.5. The van der Waals surface area contributed by atoms with Gasteiger partial charge in [0.15, 0.2) is 0 Å². The molecular weight excluding hydrogens is 286 g/mol. The number of nitrogens with one attached hydrogen (secondary N) is 1. The van der Waals surface area contributed by atoms with Crippen molar-refractivity contribution in [3.8, 4) is 0 Å². The smallest absolute Gasteiger partial charge is 0.252 e. The van der Waals surface area contributed by atoms with Crippen molar-refractivity contribution in [1.82, 2.24) is 14.7 Å². The molecule has 0 atom stereocenters. The van der Waals surface area contributed by atoms with Crippen LogP contribution in [0.4, 0.5) is 0 Å². The summed E-state index contributed by atoms with van der Waals surface area (Å²) < 4.78 is 1.94. The summed E-state index contributed by atoms with van der Waals surface area (Å²) >= 11 is 0. The largest absolute Gasteiger partial charge is 0.349 e. The van der Waals surface area contributed by atoms with E-state index in [1.54, 1.807) is 0 Å². The van der Waals surface area contributed by atoms with Crippen LogP contribution in [0.1, 0.15) is 55.6 Å². The molecule has 2 aromatic heterocycles. The van der Waals surface area contributed by atoms with E-state index in [2.05, 4.69) is 42.4 Å². The van der Waals surface area contributed by atoms with E-state index in [1.807, 2.05) is 28.9 Å². The molecule has 1 N–H and O–H groups in total. The van der Waals surface area contributed by atoms with Crippen LogP contribution in [0, 0.1) is 0 Å². The van der Waals surface area contributed by atoms with Crippen LogP contribution in [-0.2, 0) is 0 Å². The Morgan fingerprint density at radius 2 is 2.13 bits per heavy atom. The van der Waals surface area contributed by atoms with Gasteiger partial charge in [-0.1, -0.05) is 32.1 Å². The Hall–Kier alpha value is -2.36. The number of carbonyl (C=O) groups is 1. The molecule has 4 nitrogen and oxygen atoms in total. The molecule has 2 aromatic rings. The molecule has 23 heavy (non-hydrogen) atoms. The van der Waals surface area contributed by atoms with Gasteiger partial charge < -0.3 is 9.72 Å². The van der Waals surface area contributed by atoms with E-state index in [0.29, 0.717) is 5.56 Å². The maximum Gasteiger partial charge on any atom is 0.252 e. The Balaban J connectivity index is 1.85.